The van der Waals surface area contributed by atoms with Gasteiger partial charge in [-0.25, -0.2) is 4.79 Å². The average Bonchev–Trinajstić information content (AvgIpc) is 3.05. The second-order valence-corrected chi connectivity index (χ2v) is 7.30. The predicted molar refractivity (Wildman–Crippen MR) is 101 cm³/mol. The van der Waals surface area contributed by atoms with Gasteiger partial charge in [0.1, 0.15) is 6.54 Å². The Bertz CT molecular complexity index is 873. The molecule has 150 valence electrons. The molecule has 28 heavy (non-hydrogen) atoms. The van der Waals surface area contributed by atoms with Gasteiger partial charge in [-0.05, 0) is 30.4 Å². The van der Waals surface area contributed by atoms with E-state index in [0.717, 1.165) is 17.5 Å². The Morgan fingerprint density at radius 3 is 2.75 bits per heavy atom. The Balaban J connectivity index is 1.50. The fourth-order valence-electron chi connectivity index (χ4n) is 3.45. The van der Waals surface area contributed by atoms with Crippen LogP contribution in [0.2, 0.25) is 0 Å². The first-order valence-electron chi connectivity index (χ1n) is 9.52. The van der Waals surface area contributed by atoms with Crippen molar-refractivity contribution in [2.45, 2.75) is 45.7 Å². The van der Waals surface area contributed by atoms with E-state index >= 15 is 0 Å². The molecule has 1 saturated carbocycles. The maximum Gasteiger partial charge on any atom is 0.437 e. The minimum absolute atomic E-state index is 0.0987. The van der Waals surface area contributed by atoms with E-state index in [9.17, 15) is 14.4 Å². The van der Waals surface area contributed by atoms with Crippen molar-refractivity contribution in [2.75, 3.05) is 6.61 Å². The standard InChI is InChI=1S/C20H25N3O5/c1-13-7-6-10-16(14(13)2)21-17(24)12-27-18(25)11-23-20(26)28-19(22-23)15-8-4-3-5-9-15/h3-5,8-9,13-14,16H,6-7,10-12H2,1-2H3,(H,21,24)/t13-,14-,16-/m1/s1. The van der Waals surface area contributed by atoms with Gasteiger partial charge in [-0.15, -0.1) is 5.10 Å². The molecule has 1 aliphatic carbocycles. The number of carbonyl (C=O) groups excluding carboxylic acids is 2. The number of ether oxygens (including phenoxy) is 1. The monoisotopic (exact) mass is 387 g/mol. The van der Waals surface area contributed by atoms with Crippen LogP contribution in [0, 0.1) is 11.8 Å². The Kier molecular flexibility index (Phi) is 6.28. The minimum atomic E-state index is -0.759. The van der Waals surface area contributed by atoms with Crippen molar-refractivity contribution in [3.8, 4) is 11.5 Å². The van der Waals surface area contributed by atoms with Crippen LogP contribution in [-0.4, -0.2) is 34.3 Å². The highest BCUT2D eigenvalue weighted by Gasteiger charge is 2.28. The van der Waals surface area contributed by atoms with Crippen molar-refractivity contribution >= 4 is 11.9 Å². The predicted octanol–water partition coefficient (Wildman–Crippen LogP) is 1.99. The van der Waals surface area contributed by atoms with Gasteiger partial charge in [0.25, 0.3) is 5.91 Å². The molecule has 1 amide bonds. The molecule has 3 atom stereocenters. The Hall–Kier alpha value is -2.90. The number of nitrogens with one attached hydrogen (secondary N) is 1. The summed E-state index contributed by atoms with van der Waals surface area (Å²) in [6, 6.07) is 8.98. The van der Waals surface area contributed by atoms with E-state index in [1.807, 2.05) is 6.07 Å². The van der Waals surface area contributed by atoms with Crippen LogP contribution >= 0.6 is 0 Å². The molecule has 0 radical (unpaired) electrons. The number of carbonyl (C=O) groups is 2. The molecule has 2 aromatic rings. The quantitative estimate of drug-likeness (QED) is 0.760. The summed E-state index contributed by atoms with van der Waals surface area (Å²) in [5, 5.41) is 6.93. The lowest BCUT2D eigenvalue weighted by Gasteiger charge is -2.34. The summed E-state index contributed by atoms with van der Waals surface area (Å²) in [4.78, 5) is 35.9. The first kappa shape index (κ1) is 19.9. The number of nitrogens with zero attached hydrogens (tertiary/aromatic N) is 2. The Morgan fingerprint density at radius 1 is 1.25 bits per heavy atom. The lowest BCUT2D eigenvalue weighted by Crippen LogP contribution is -2.45. The molecule has 0 spiro atoms. The first-order chi connectivity index (χ1) is 13.4. The second kappa shape index (κ2) is 8.86. The summed E-state index contributed by atoms with van der Waals surface area (Å²) >= 11 is 0. The van der Waals surface area contributed by atoms with Crippen LogP contribution in [0.3, 0.4) is 0 Å². The molecule has 1 fully saturated rings. The Labute approximate surface area is 162 Å². The maximum absolute atomic E-state index is 12.1. The van der Waals surface area contributed by atoms with E-state index in [1.54, 1.807) is 24.3 Å². The largest absolute Gasteiger partial charge is 0.454 e. The highest BCUT2D eigenvalue weighted by atomic mass is 16.5. The zero-order valence-corrected chi connectivity index (χ0v) is 16.1. The second-order valence-electron chi connectivity index (χ2n) is 7.30. The van der Waals surface area contributed by atoms with Crippen LogP contribution in [0.25, 0.3) is 11.5 Å². The summed E-state index contributed by atoms with van der Waals surface area (Å²) in [7, 11) is 0. The van der Waals surface area contributed by atoms with E-state index < -0.39 is 18.3 Å². The van der Waals surface area contributed by atoms with Crippen LogP contribution in [0.5, 0.6) is 0 Å². The summed E-state index contributed by atoms with van der Waals surface area (Å²) in [5.41, 5.74) is 0.627. The van der Waals surface area contributed by atoms with Crippen molar-refractivity contribution in [1.29, 1.82) is 0 Å². The third kappa shape index (κ3) is 4.88. The number of rotatable bonds is 6. The van der Waals surface area contributed by atoms with E-state index in [-0.39, 0.29) is 24.4 Å². The molecule has 1 aliphatic rings. The van der Waals surface area contributed by atoms with Crippen molar-refractivity contribution in [2.24, 2.45) is 11.8 Å². The van der Waals surface area contributed by atoms with E-state index in [0.29, 0.717) is 17.4 Å². The molecule has 1 aromatic heterocycles. The first-order valence-corrected chi connectivity index (χ1v) is 9.52. The SMILES string of the molecule is C[C@@H]1[C@H](C)CCC[C@H]1NC(=O)COC(=O)Cn1nc(-c2ccccc2)oc1=O. The Morgan fingerprint density at radius 2 is 2.00 bits per heavy atom. The van der Waals surface area contributed by atoms with Crippen molar-refractivity contribution in [1.82, 2.24) is 15.1 Å². The smallest absolute Gasteiger partial charge is 0.437 e. The molecule has 3 rings (SSSR count). The number of esters is 1. The molecule has 0 aliphatic heterocycles. The van der Waals surface area contributed by atoms with Gasteiger partial charge >= 0.3 is 11.7 Å². The summed E-state index contributed by atoms with van der Waals surface area (Å²) in [6.07, 6.45) is 3.18. The molecular formula is C20H25N3O5. The average molecular weight is 387 g/mol. The van der Waals surface area contributed by atoms with Gasteiger partial charge in [-0.1, -0.05) is 44.9 Å². The van der Waals surface area contributed by atoms with Crippen LogP contribution in [0.4, 0.5) is 0 Å². The highest BCUT2D eigenvalue weighted by Crippen LogP contribution is 2.29. The minimum Gasteiger partial charge on any atom is -0.454 e. The van der Waals surface area contributed by atoms with Gasteiger partial charge in [0.15, 0.2) is 6.61 Å². The van der Waals surface area contributed by atoms with Gasteiger partial charge in [-0.3, -0.25) is 9.59 Å². The van der Waals surface area contributed by atoms with Gasteiger partial charge < -0.3 is 14.5 Å². The fourth-order valence-corrected chi connectivity index (χ4v) is 3.45. The highest BCUT2D eigenvalue weighted by molar-refractivity contribution is 5.80. The van der Waals surface area contributed by atoms with Crippen molar-refractivity contribution in [3.05, 3.63) is 40.9 Å². The van der Waals surface area contributed by atoms with E-state index in [2.05, 4.69) is 24.3 Å². The number of aromatic nitrogens is 2. The van der Waals surface area contributed by atoms with Gasteiger partial charge in [-0.2, -0.15) is 4.68 Å². The van der Waals surface area contributed by atoms with E-state index in [1.165, 1.54) is 6.42 Å². The van der Waals surface area contributed by atoms with Crippen molar-refractivity contribution < 1.29 is 18.7 Å². The van der Waals surface area contributed by atoms with Crippen LogP contribution < -0.4 is 11.1 Å². The topological polar surface area (TPSA) is 103 Å². The molecule has 8 heteroatoms. The van der Waals surface area contributed by atoms with Gasteiger partial charge in [0.2, 0.25) is 5.89 Å². The molecule has 1 aromatic carbocycles. The molecular weight excluding hydrogens is 362 g/mol. The number of hydrogen-bond donors (Lipinski definition) is 1. The molecule has 0 unspecified atom stereocenters. The summed E-state index contributed by atoms with van der Waals surface area (Å²) in [5.74, 6) is -0.758. The number of amides is 1. The third-order valence-corrected chi connectivity index (χ3v) is 5.32. The summed E-state index contributed by atoms with van der Waals surface area (Å²) < 4.78 is 10.9. The van der Waals surface area contributed by atoms with Gasteiger partial charge in [0.05, 0.1) is 0 Å². The normalized spacial score (nSPS) is 21.9. The van der Waals surface area contributed by atoms with Crippen LogP contribution in [0.1, 0.15) is 33.1 Å². The maximum atomic E-state index is 12.1. The zero-order chi connectivity index (χ0) is 20.1. The van der Waals surface area contributed by atoms with Crippen LogP contribution in [-0.2, 0) is 20.9 Å². The van der Waals surface area contributed by atoms with E-state index in [4.69, 9.17) is 9.15 Å². The zero-order valence-electron chi connectivity index (χ0n) is 16.1. The lowest BCUT2D eigenvalue weighted by atomic mass is 9.78. The molecule has 8 nitrogen and oxygen atoms in total. The van der Waals surface area contributed by atoms with Crippen molar-refractivity contribution in [3.63, 3.8) is 0 Å². The number of hydrogen-bond acceptors (Lipinski definition) is 6. The summed E-state index contributed by atoms with van der Waals surface area (Å²) in [6.45, 7) is 3.51. The van der Waals surface area contributed by atoms with Crippen LogP contribution in [0.15, 0.2) is 39.5 Å². The van der Waals surface area contributed by atoms with Gasteiger partial charge in [0, 0.05) is 11.6 Å². The molecule has 1 N–H and O–H groups in total. The molecule has 0 bridgehead atoms. The third-order valence-electron chi connectivity index (χ3n) is 5.32. The number of benzene rings is 1. The molecule has 1 heterocycles. The fraction of sp³-hybridized carbons (Fsp3) is 0.500. The lowest BCUT2D eigenvalue weighted by molar-refractivity contribution is -0.149. The molecule has 0 saturated heterocycles.